The van der Waals surface area contributed by atoms with E-state index in [1.54, 1.807) is 7.11 Å². The van der Waals surface area contributed by atoms with Crippen LogP contribution in [0.3, 0.4) is 0 Å². The number of hydrogen-bond acceptors (Lipinski definition) is 2. The maximum Gasteiger partial charge on any atom is 0.118 e. The standard InChI is InChI=1S/C17H27NO/c1-3-12-18-13-17(14-6-4-5-7-14)15-8-10-16(19-2)11-9-15/h8-11,14,17-18H,3-7,12-13H2,1-2H3. The third-order valence-corrected chi connectivity index (χ3v) is 4.30. The number of ether oxygens (including phenoxy) is 1. The molecule has 1 aromatic rings. The van der Waals surface area contributed by atoms with Crippen molar-refractivity contribution in [3.8, 4) is 5.75 Å². The normalized spacial score (nSPS) is 17.6. The average molecular weight is 261 g/mol. The van der Waals surface area contributed by atoms with Crippen molar-refractivity contribution in [2.75, 3.05) is 20.2 Å². The van der Waals surface area contributed by atoms with E-state index < -0.39 is 0 Å². The highest BCUT2D eigenvalue weighted by molar-refractivity contribution is 5.30. The molecule has 19 heavy (non-hydrogen) atoms. The van der Waals surface area contributed by atoms with Crippen LogP contribution in [0.4, 0.5) is 0 Å². The monoisotopic (exact) mass is 261 g/mol. The van der Waals surface area contributed by atoms with Crippen molar-refractivity contribution in [1.29, 1.82) is 0 Å². The third kappa shape index (κ3) is 3.97. The minimum atomic E-state index is 0.667. The molecular weight excluding hydrogens is 234 g/mol. The van der Waals surface area contributed by atoms with Gasteiger partial charge in [0.05, 0.1) is 7.11 Å². The lowest BCUT2D eigenvalue weighted by Gasteiger charge is -2.24. The number of nitrogens with one attached hydrogen (secondary N) is 1. The van der Waals surface area contributed by atoms with Crippen molar-refractivity contribution in [1.82, 2.24) is 5.32 Å². The van der Waals surface area contributed by atoms with E-state index >= 15 is 0 Å². The Morgan fingerprint density at radius 2 is 1.89 bits per heavy atom. The SMILES string of the molecule is CCCNCC(c1ccc(OC)cc1)C1CCCC1. The molecule has 0 bridgehead atoms. The summed E-state index contributed by atoms with van der Waals surface area (Å²) in [5, 5.41) is 3.61. The summed E-state index contributed by atoms with van der Waals surface area (Å²) in [7, 11) is 1.73. The van der Waals surface area contributed by atoms with Gasteiger partial charge in [-0.2, -0.15) is 0 Å². The average Bonchev–Trinajstić information content (AvgIpc) is 2.98. The maximum absolute atomic E-state index is 5.26. The van der Waals surface area contributed by atoms with Gasteiger partial charge in [0.25, 0.3) is 0 Å². The van der Waals surface area contributed by atoms with Crippen LogP contribution in [0.15, 0.2) is 24.3 Å². The zero-order valence-corrected chi connectivity index (χ0v) is 12.3. The van der Waals surface area contributed by atoms with E-state index in [2.05, 4.69) is 36.5 Å². The molecule has 1 aliphatic carbocycles. The molecule has 0 aromatic heterocycles. The Balaban J connectivity index is 2.05. The molecule has 1 atom stereocenters. The molecule has 1 saturated carbocycles. The van der Waals surface area contributed by atoms with Crippen LogP contribution in [0.2, 0.25) is 0 Å². The molecule has 2 nitrogen and oxygen atoms in total. The molecule has 1 fully saturated rings. The van der Waals surface area contributed by atoms with Gasteiger partial charge in [0.2, 0.25) is 0 Å². The van der Waals surface area contributed by atoms with E-state index in [9.17, 15) is 0 Å². The van der Waals surface area contributed by atoms with E-state index in [1.165, 1.54) is 37.7 Å². The lowest BCUT2D eigenvalue weighted by Crippen LogP contribution is -2.26. The molecule has 0 amide bonds. The van der Waals surface area contributed by atoms with Crippen molar-refractivity contribution in [3.63, 3.8) is 0 Å². The summed E-state index contributed by atoms with van der Waals surface area (Å²) in [4.78, 5) is 0. The Hall–Kier alpha value is -1.02. The molecule has 0 aliphatic heterocycles. The predicted octanol–water partition coefficient (Wildman–Crippen LogP) is 3.97. The van der Waals surface area contributed by atoms with Crippen molar-refractivity contribution < 1.29 is 4.74 Å². The van der Waals surface area contributed by atoms with Gasteiger partial charge in [-0.3, -0.25) is 0 Å². The Labute approximate surface area is 117 Å². The Morgan fingerprint density at radius 1 is 1.21 bits per heavy atom. The summed E-state index contributed by atoms with van der Waals surface area (Å²) in [5.74, 6) is 2.48. The molecule has 0 radical (unpaired) electrons. The quantitative estimate of drug-likeness (QED) is 0.750. The number of benzene rings is 1. The number of rotatable bonds is 7. The van der Waals surface area contributed by atoms with Crippen molar-refractivity contribution in [2.24, 2.45) is 5.92 Å². The van der Waals surface area contributed by atoms with Crippen LogP contribution in [0.1, 0.15) is 50.5 Å². The van der Waals surface area contributed by atoms with Gasteiger partial charge < -0.3 is 10.1 Å². The number of hydrogen-bond donors (Lipinski definition) is 1. The minimum Gasteiger partial charge on any atom is -0.497 e. The second kappa shape index (κ2) is 7.54. The minimum absolute atomic E-state index is 0.667. The topological polar surface area (TPSA) is 21.3 Å². The van der Waals surface area contributed by atoms with Crippen LogP contribution in [0.5, 0.6) is 5.75 Å². The second-order valence-corrected chi connectivity index (χ2v) is 5.63. The second-order valence-electron chi connectivity index (χ2n) is 5.63. The summed E-state index contributed by atoms with van der Waals surface area (Å²) in [6.45, 7) is 4.47. The highest BCUT2D eigenvalue weighted by Crippen LogP contribution is 2.37. The highest BCUT2D eigenvalue weighted by atomic mass is 16.5. The fraction of sp³-hybridized carbons (Fsp3) is 0.647. The van der Waals surface area contributed by atoms with Crippen LogP contribution in [-0.2, 0) is 0 Å². The van der Waals surface area contributed by atoms with Gasteiger partial charge >= 0.3 is 0 Å². The summed E-state index contributed by atoms with van der Waals surface area (Å²) in [5.41, 5.74) is 1.47. The lowest BCUT2D eigenvalue weighted by molar-refractivity contribution is 0.405. The van der Waals surface area contributed by atoms with Gasteiger partial charge in [0.15, 0.2) is 0 Å². The Bertz CT molecular complexity index is 354. The molecule has 2 heteroatoms. The molecule has 0 heterocycles. The van der Waals surface area contributed by atoms with Crippen molar-refractivity contribution in [3.05, 3.63) is 29.8 Å². The fourth-order valence-electron chi connectivity index (χ4n) is 3.20. The molecule has 1 aliphatic rings. The Morgan fingerprint density at radius 3 is 2.47 bits per heavy atom. The van der Waals surface area contributed by atoms with Gasteiger partial charge in [-0.1, -0.05) is 31.9 Å². The lowest BCUT2D eigenvalue weighted by atomic mass is 9.84. The van der Waals surface area contributed by atoms with Crippen LogP contribution < -0.4 is 10.1 Å². The molecule has 0 spiro atoms. The summed E-state index contributed by atoms with van der Waals surface area (Å²) < 4.78 is 5.26. The van der Waals surface area contributed by atoms with E-state index in [4.69, 9.17) is 4.74 Å². The van der Waals surface area contributed by atoms with Gasteiger partial charge in [-0.15, -0.1) is 0 Å². The fourth-order valence-corrected chi connectivity index (χ4v) is 3.20. The summed E-state index contributed by atoms with van der Waals surface area (Å²) in [6.07, 6.45) is 6.81. The molecule has 2 rings (SSSR count). The summed E-state index contributed by atoms with van der Waals surface area (Å²) >= 11 is 0. The van der Waals surface area contributed by atoms with E-state index in [-0.39, 0.29) is 0 Å². The van der Waals surface area contributed by atoms with E-state index in [0.717, 1.165) is 24.8 Å². The van der Waals surface area contributed by atoms with E-state index in [1.807, 2.05) is 0 Å². The Kier molecular flexibility index (Phi) is 5.71. The van der Waals surface area contributed by atoms with Crippen LogP contribution in [0.25, 0.3) is 0 Å². The number of methoxy groups -OCH3 is 1. The van der Waals surface area contributed by atoms with Crippen molar-refractivity contribution >= 4 is 0 Å². The molecule has 1 N–H and O–H groups in total. The first-order valence-electron chi connectivity index (χ1n) is 7.69. The zero-order valence-electron chi connectivity index (χ0n) is 12.3. The van der Waals surface area contributed by atoms with Crippen molar-refractivity contribution in [2.45, 2.75) is 44.9 Å². The first-order chi connectivity index (χ1) is 9.35. The van der Waals surface area contributed by atoms with Gasteiger partial charge in [0.1, 0.15) is 5.75 Å². The molecular formula is C17H27NO. The third-order valence-electron chi connectivity index (χ3n) is 4.30. The first kappa shape index (κ1) is 14.4. The largest absolute Gasteiger partial charge is 0.497 e. The molecule has 1 aromatic carbocycles. The van der Waals surface area contributed by atoms with Gasteiger partial charge in [0, 0.05) is 6.54 Å². The summed E-state index contributed by atoms with van der Waals surface area (Å²) in [6, 6.07) is 8.68. The first-order valence-corrected chi connectivity index (χ1v) is 7.69. The smallest absolute Gasteiger partial charge is 0.118 e. The van der Waals surface area contributed by atoms with E-state index in [0.29, 0.717) is 5.92 Å². The van der Waals surface area contributed by atoms with Gasteiger partial charge in [-0.05, 0) is 55.3 Å². The molecule has 0 saturated heterocycles. The van der Waals surface area contributed by atoms with Crippen LogP contribution in [-0.4, -0.2) is 20.2 Å². The maximum atomic E-state index is 5.26. The molecule has 106 valence electrons. The van der Waals surface area contributed by atoms with Gasteiger partial charge in [-0.25, -0.2) is 0 Å². The zero-order chi connectivity index (χ0) is 13.5. The van der Waals surface area contributed by atoms with Crippen LogP contribution >= 0.6 is 0 Å². The van der Waals surface area contributed by atoms with Crippen LogP contribution in [0, 0.1) is 5.92 Å². The highest BCUT2D eigenvalue weighted by Gasteiger charge is 2.25. The molecule has 1 unspecified atom stereocenters. The predicted molar refractivity (Wildman–Crippen MR) is 80.9 cm³/mol.